The Bertz CT molecular complexity index is 620. The monoisotopic (exact) mass is 376 g/mol. The van der Waals surface area contributed by atoms with Gasteiger partial charge < -0.3 is 15.4 Å². The summed E-state index contributed by atoms with van der Waals surface area (Å²) >= 11 is 5.76. The number of rotatable bonds is 9. The van der Waals surface area contributed by atoms with Gasteiger partial charge in [-0.2, -0.15) is 0 Å². The molecule has 1 atom stereocenters. The topological polar surface area (TPSA) is 92.7 Å². The first-order valence-corrected chi connectivity index (χ1v) is 10.2. The van der Waals surface area contributed by atoms with Gasteiger partial charge in [-0.05, 0) is 26.3 Å². The van der Waals surface area contributed by atoms with Crippen molar-refractivity contribution in [2.45, 2.75) is 26.3 Å². The molecular weight excluding hydrogens is 352 g/mol. The minimum atomic E-state index is -2.96. The number of halogens is 1. The van der Waals surface area contributed by atoms with Crippen LogP contribution in [0.4, 0.5) is 0 Å². The summed E-state index contributed by atoms with van der Waals surface area (Å²) in [5.41, 5.74) is 0. The first-order chi connectivity index (χ1) is 11.3. The SMILES string of the molecule is CCNC(=NCCOc1ccc(Cl)cn1)NC(C)CCS(C)(=O)=O. The molecule has 7 nitrogen and oxygen atoms in total. The molecule has 0 radical (unpaired) electrons. The summed E-state index contributed by atoms with van der Waals surface area (Å²) in [6, 6.07) is 3.40. The number of guanidine groups is 1. The second kappa shape index (κ2) is 10.4. The lowest BCUT2D eigenvalue weighted by Crippen LogP contribution is -2.43. The van der Waals surface area contributed by atoms with Gasteiger partial charge in [-0.1, -0.05) is 11.6 Å². The van der Waals surface area contributed by atoms with E-state index >= 15 is 0 Å². The van der Waals surface area contributed by atoms with Crippen molar-refractivity contribution in [2.24, 2.45) is 4.99 Å². The van der Waals surface area contributed by atoms with E-state index < -0.39 is 9.84 Å². The smallest absolute Gasteiger partial charge is 0.213 e. The summed E-state index contributed by atoms with van der Waals surface area (Å²) in [5.74, 6) is 1.27. The molecule has 0 saturated heterocycles. The van der Waals surface area contributed by atoms with Crippen molar-refractivity contribution in [1.82, 2.24) is 15.6 Å². The van der Waals surface area contributed by atoms with E-state index in [1.54, 1.807) is 12.1 Å². The summed E-state index contributed by atoms with van der Waals surface area (Å²) < 4.78 is 27.9. The van der Waals surface area contributed by atoms with Gasteiger partial charge in [0.05, 0.1) is 17.3 Å². The highest BCUT2D eigenvalue weighted by Crippen LogP contribution is 2.11. The van der Waals surface area contributed by atoms with Crippen LogP contribution in [0.1, 0.15) is 20.3 Å². The number of ether oxygens (including phenoxy) is 1. The van der Waals surface area contributed by atoms with E-state index in [2.05, 4.69) is 20.6 Å². The van der Waals surface area contributed by atoms with Gasteiger partial charge >= 0.3 is 0 Å². The van der Waals surface area contributed by atoms with Crippen LogP contribution in [0.25, 0.3) is 0 Å². The maximum atomic E-state index is 11.2. The van der Waals surface area contributed by atoms with Crippen LogP contribution in [0, 0.1) is 0 Å². The molecule has 2 N–H and O–H groups in total. The van der Waals surface area contributed by atoms with E-state index in [0.29, 0.717) is 43.0 Å². The Morgan fingerprint density at radius 2 is 2.21 bits per heavy atom. The zero-order chi connectivity index (χ0) is 18.0. The molecule has 1 unspecified atom stereocenters. The number of aromatic nitrogens is 1. The standard InChI is InChI=1S/C15H25ClN4O3S/c1-4-17-15(20-12(2)7-10-24(3,21)22)18-8-9-23-14-6-5-13(16)11-19-14/h5-6,11-12H,4,7-10H2,1-3H3,(H2,17,18,20). The first kappa shape index (κ1) is 20.5. The lowest BCUT2D eigenvalue weighted by molar-refractivity contribution is 0.316. The fourth-order valence-corrected chi connectivity index (χ4v) is 2.67. The van der Waals surface area contributed by atoms with E-state index in [-0.39, 0.29) is 11.8 Å². The zero-order valence-electron chi connectivity index (χ0n) is 14.3. The minimum Gasteiger partial charge on any atom is -0.476 e. The molecule has 1 aromatic heterocycles. The Balaban J connectivity index is 2.42. The Labute approximate surface area is 148 Å². The highest BCUT2D eigenvalue weighted by molar-refractivity contribution is 7.90. The summed E-state index contributed by atoms with van der Waals surface area (Å²) in [7, 11) is -2.96. The van der Waals surface area contributed by atoms with Crippen LogP contribution >= 0.6 is 11.6 Å². The molecule has 24 heavy (non-hydrogen) atoms. The van der Waals surface area contributed by atoms with Crippen LogP contribution < -0.4 is 15.4 Å². The number of pyridine rings is 1. The van der Waals surface area contributed by atoms with Gasteiger partial charge in [0, 0.05) is 31.1 Å². The molecule has 1 aromatic rings. The third kappa shape index (κ3) is 9.57. The molecule has 0 aliphatic carbocycles. The predicted molar refractivity (Wildman–Crippen MR) is 97.6 cm³/mol. The van der Waals surface area contributed by atoms with Gasteiger partial charge in [-0.25, -0.2) is 18.4 Å². The maximum absolute atomic E-state index is 11.2. The van der Waals surface area contributed by atoms with Crippen molar-refractivity contribution in [1.29, 1.82) is 0 Å². The molecule has 0 aromatic carbocycles. The van der Waals surface area contributed by atoms with Crippen LogP contribution in [0.5, 0.6) is 5.88 Å². The quantitative estimate of drug-likeness (QED) is 0.385. The second-order valence-corrected chi connectivity index (χ2v) is 8.08. The van der Waals surface area contributed by atoms with Crippen LogP contribution in [0.2, 0.25) is 5.02 Å². The summed E-state index contributed by atoms with van der Waals surface area (Å²) in [4.78, 5) is 8.43. The molecule has 9 heteroatoms. The van der Waals surface area contributed by atoms with E-state index in [1.807, 2.05) is 13.8 Å². The van der Waals surface area contributed by atoms with Gasteiger partial charge in [0.25, 0.3) is 0 Å². The molecule has 1 heterocycles. The Hall–Kier alpha value is -1.54. The predicted octanol–water partition coefficient (Wildman–Crippen LogP) is 1.49. The van der Waals surface area contributed by atoms with Crippen molar-refractivity contribution < 1.29 is 13.2 Å². The molecule has 136 valence electrons. The number of hydrogen-bond acceptors (Lipinski definition) is 5. The van der Waals surface area contributed by atoms with Gasteiger partial charge in [-0.15, -0.1) is 0 Å². The number of nitrogens with zero attached hydrogens (tertiary/aromatic N) is 2. The van der Waals surface area contributed by atoms with Gasteiger partial charge in [-0.3, -0.25) is 0 Å². The fraction of sp³-hybridized carbons (Fsp3) is 0.600. The molecule has 0 aliphatic rings. The van der Waals surface area contributed by atoms with Crippen molar-refractivity contribution in [3.8, 4) is 5.88 Å². The first-order valence-electron chi connectivity index (χ1n) is 7.77. The highest BCUT2D eigenvalue weighted by atomic mass is 35.5. The van der Waals surface area contributed by atoms with Crippen LogP contribution in [-0.2, 0) is 9.84 Å². The minimum absolute atomic E-state index is 0.00336. The van der Waals surface area contributed by atoms with Crippen LogP contribution in [0.15, 0.2) is 23.3 Å². The molecule has 0 fully saturated rings. The van der Waals surface area contributed by atoms with Crippen LogP contribution in [-0.4, -0.2) is 57.1 Å². The Morgan fingerprint density at radius 3 is 2.79 bits per heavy atom. The molecule has 0 aliphatic heterocycles. The third-order valence-corrected chi connectivity index (χ3v) is 4.16. The van der Waals surface area contributed by atoms with Crippen molar-refractivity contribution >= 4 is 27.4 Å². The van der Waals surface area contributed by atoms with Crippen molar-refractivity contribution in [2.75, 3.05) is 31.7 Å². The molecule has 0 amide bonds. The largest absolute Gasteiger partial charge is 0.476 e. The average Bonchev–Trinajstić information content (AvgIpc) is 2.51. The lowest BCUT2D eigenvalue weighted by Gasteiger charge is -2.17. The third-order valence-electron chi connectivity index (χ3n) is 2.96. The fourth-order valence-electron chi connectivity index (χ4n) is 1.77. The molecule has 0 saturated carbocycles. The average molecular weight is 377 g/mol. The molecule has 0 bridgehead atoms. The van der Waals surface area contributed by atoms with E-state index in [1.165, 1.54) is 12.5 Å². The zero-order valence-corrected chi connectivity index (χ0v) is 15.8. The molecule has 0 spiro atoms. The number of hydrogen-bond donors (Lipinski definition) is 2. The lowest BCUT2D eigenvalue weighted by atomic mass is 10.3. The summed E-state index contributed by atoms with van der Waals surface area (Å²) in [6.07, 6.45) is 3.28. The maximum Gasteiger partial charge on any atom is 0.213 e. The van der Waals surface area contributed by atoms with Crippen molar-refractivity contribution in [3.05, 3.63) is 23.4 Å². The second-order valence-electron chi connectivity index (χ2n) is 5.39. The van der Waals surface area contributed by atoms with E-state index in [4.69, 9.17) is 16.3 Å². The van der Waals surface area contributed by atoms with Gasteiger partial charge in [0.2, 0.25) is 5.88 Å². The normalized spacial score (nSPS) is 13.4. The Kier molecular flexibility index (Phi) is 8.84. The summed E-state index contributed by atoms with van der Waals surface area (Å²) in [5, 5.41) is 6.86. The van der Waals surface area contributed by atoms with E-state index in [0.717, 1.165) is 0 Å². The highest BCUT2D eigenvalue weighted by Gasteiger charge is 2.09. The van der Waals surface area contributed by atoms with E-state index in [9.17, 15) is 8.42 Å². The Morgan fingerprint density at radius 1 is 1.46 bits per heavy atom. The van der Waals surface area contributed by atoms with Gasteiger partial charge in [0.1, 0.15) is 16.4 Å². The van der Waals surface area contributed by atoms with Crippen LogP contribution in [0.3, 0.4) is 0 Å². The molecular formula is C15H25ClN4O3S. The number of nitrogens with one attached hydrogen (secondary N) is 2. The number of sulfone groups is 1. The summed E-state index contributed by atoms with van der Waals surface area (Å²) in [6.45, 7) is 5.42. The van der Waals surface area contributed by atoms with Gasteiger partial charge in [0.15, 0.2) is 5.96 Å². The molecule has 1 rings (SSSR count). The van der Waals surface area contributed by atoms with Crippen molar-refractivity contribution in [3.63, 3.8) is 0 Å². The number of aliphatic imine (C=N–C) groups is 1.